The first kappa shape index (κ1) is 18.9. The molecule has 8 nitrogen and oxygen atoms in total. The van der Waals surface area contributed by atoms with Gasteiger partial charge >= 0.3 is 5.97 Å². The van der Waals surface area contributed by atoms with Crippen LogP contribution in [0.5, 0.6) is 5.88 Å². The van der Waals surface area contributed by atoms with Gasteiger partial charge in [-0.2, -0.15) is 10.1 Å². The van der Waals surface area contributed by atoms with Gasteiger partial charge < -0.3 is 9.84 Å². The number of nitrogens with one attached hydrogen (secondary N) is 1. The number of nitrogens with zero attached hydrogens (tertiary/aromatic N) is 4. The number of aliphatic imine (C=N–C) groups is 1. The molecule has 0 fully saturated rings. The van der Waals surface area contributed by atoms with Crippen LogP contribution in [0.15, 0.2) is 41.7 Å². The largest absolute Gasteiger partial charge is 0.493 e. The van der Waals surface area contributed by atoms with E-state index in [9.17, 15) is 9.90 Å². The smallest absolute Gasteiger partial charge is 0.329 e. The minimum atomic E-state index is -0.775. The molecule has 27 heavy (non-hydrogen) atoms. The first-order valence-electron chi connectivity index (χ1n) is 8.14. The molecule has 0 saturated heterocycles. The van der Waals surface area contributed by atoms with Crippen molar-refractivity contribution >= 4 is 41.7 Å². The highest BCUT2D eigenvalue weighted by molar-refractivity contribution is 7.73. The normalized spacial score (nSPS) is 12.3. The fraction of sp³-hybridized carbons (Fsp3) is 0.235. The zero-order valence-corrected chi connectivity index (χ0v) is 16.0. The van der Waals surface area contributed by atoms with Crippen molar-refractivity contribution in [1.82, 2.24) is 19.7 Å². The molecule has 0 amide bonds. The molecule has 0 saturated carbocycles. The minimum Gasteiger partial charge on any atom is -0.493 e. The lowest BCUT2D eigenvalue weighted by molar-refractivity contribution is -0.147. The summed E-state index contributed by atoms with van der Waals surface area (Å²) in [5.74, 6) is -0.293. The van der Waals surface area contributed by atoms with Gasteiger partial charge in [-0.1, -0.05) is 41.7 Å². The monoisotopic (exact) mass is 403 g/mol. The SMILES string of the molecule is CCOC(=O)C(Cc1ccccc1)n1c(O)c(/C=N/c2ncn[nH]2)sc1=S. The van der Waals surface area contributed by atoms with Gasteiger partial charge in [0.2, 0.25) is 11.8 Å². The molecule has 2 heterocycles. The number of aromatic hydroxyl groups is 1. The fourth-order valence-corrected chi connectivity index (χ4v) is 3.77. The van der Waals surface area contributed by atoms with Crippen LogP contribution in [-0.2, 0) is 16.0 Å². The van der Waals surface area contributed by atoms with Gasteiger partial charge in [0.05, 0.1) is 12.8 Å². The van der Waals surface area contributed by atoms with Gasteiger partial charge in [-0.3, -0.25) is 4.57 Å². The second kappa shape index (κ2) is 8.69. The Morgan fingerprint density at radius 1 is 1.48 bits per heavy atom. The summed E-state index contributed by atoms with van der Waals surface area (Å²) in [5.41, 5.74) is 0.930. The van der Waals surface area contributed by atoms with Crippen molar-refractivity contribution in [3.05, 3.63) is 51.1 Å². The highest BCUT2D eigenvalue weighted by Gasteiger charge is 2.27. The summed E-state index contributed by atoms with van der Waals surface area (Å²) in [6, 6.07) is 8.72. The molecule has 0 spiro atoms. The summed E-state index contributed by atoms with van der Waals surface area (Å²) in [5, 5.41) is 17.0. The number of carbonyl (C=O) groups excluding carboxylic acids is 1. The topological polar surface area (TPSA) is 105 Å². The fourth-order valence-electron chi connectivity index (χ4n) is 2.49. The lowest BCUT2D eigenvalue weighted by Gasteiger charge is -2.18. The zero-order valence-electron chi connectivity index (χ0n) is 14.4. The molecule has 3 aromatic rings. The molecule has 0 bridgehead atoms. The van der Waals surface area contributed by atoms with Gasteiger partial charge in [0.15, 0.2) is 3.95 Å². The van der Waals surface area contributed by atoms with Gasteiger partial charge in [-0.25, -0.2) is 14.9 Å². The van der Waals surface area contributed by atoms with Crippen LogP contribution in [0.25, 0.3) is 0 Å². The molecule has 0 aliphatic heterocycles. The van der Waals surface area contributed by atoms with Crippen molar-refractivity contribution in [1.29, 1.82) is 0 Å². The van der Waals surface area contributed by atoms with Crippen molar-refractivity contribution < 1.29 is 14.6 Å². The van der Waals surface area contributed by atoms with Gasteiger partial charge in [-0.15, -0.1) is 0 Å². The first-order valence-corrected chi connectivity index (χ1v) is 9.37. The highest BCUT2D eigenvalue weighted by atomic mass is 32.1. The van der Waals surface area contributed by atoms with E-state index in [1.54, 1.807) is 6.92 Å². The van der Waals surface area contributed by atoms with Crippen molar-refractivity contribution in [2.45, 2.75) is 19.4 Å². The van der Waals surface area contributed by atoms with Crippen molar-refractivity contribution in [2.24, 2.45) is 4.99 Å². The van der Waals surface area contributed by atoms with Crippen LogP contribution < -0.4 is 0 Å². The maximum Gasteiger partial charge on any atom is 0.329 e. The zero-order chi connectivity index (χ0) is 19.2. The Morgan fingerprint density at radius 3 is 2.93 bits per heavy atom. The average molecular weight is 403 g/mol. The highest BCUT2D eigenvalue weighted by Crippen LogP contribution is 2.31. The lowest BCUT2D eigenvalue weighted by Crippen LogP contribution is -2.24. The van der Waals surface area contributed by atoms with Crippen LogP contribution >= 0.6 is 23.6 Å². The summed E-state index contributed by atoms with van der Waals surface area (Å²) in [6.45, 7) is 1.97. The number of thiazole rings is 1. The van der Waals surface area contributed by atoms with E-state index >= 15 is 0 Å². The summed E-state index contributed by atoms with van der Waals surface area (Å²) < 4.78 is 6.96. The molecule has 0 radical (unpaired) electrons. The standard InChI is InChI=1S/C17H17N5O3S2/c1-2-25-15(24)12(8-11-6-4-3-5-7-11)22-14(23)13(27-17(22)26)9-18-16-19-10-20-21-16/h3-7,9-10,12,23H,2,8H2,1H3,(H,19,20,21)/b18-9+. The number of aromatic nitrogens is 4. The molecule has 1 atom stereocenters. The number of hydrogen-bond acceptors (Lipinski definition) is 8. The maximum absolute atomic E-state index is 12.6. The van der Waals surface area contributed by atoms with Crippen molar-refractivity contribution in [2.75, 3.05) is 6.61 Å². The van der Waals surface area contributed by atoms with E-state index in [0.29, 0.717) is 21.2 Å². The van der Waals surface area contributed by atoms with Crippen LogP contribution in [0.2, 0.25) is 0 Å². The Hall–Kier alpha value is -2.85. The number of carbonyl (C=O) groups is 1. The third kappa shape index (κ3) is 4.47. The number of hydrogen-bond donors (Lipinski definition) is 2. The van der Waals surface area contributed by atoms with Gasteiger partial charge in [0, 0.05) is 6.42 Å². The second-order valence-corrected chi connectivity index (χ2v) is 7.13. The summed E-state index contributed by atoms with van der Waals surface area (Å²) >= 11 is 6.53. The van der Waals surface area contributed by atoms with E-state index in [4.69, 9.17) is 17.0 Å². The Kier molecular flexibility index (Phi) is 6.09. The number of esters is 1. The number of H-pyrrole nitrogens is 1. The van der Waals surface area contributed by atoms with Crippen LogP contribution in [0, 0.1) is 3.95 Å². The Morgan fingerprint density at radius 2 is 2.26 bits per heavy atom. The van der Waals surface area contributed by atoms with Crippen molar-refractivity contribution in [3.8, 4) is 5.88 Å². The molecule has 1 aromatic carbocycles. The number of ether oxygens (including phenoxy) is 1. The maximum atomic E-state index is 12.6. The van der Waals surface area contributed by atoms with Crippen molar-refractivity contribution in [3.63, 3.8) is 0 Å². The van der Waals surface area contributed by atoms with E-state index in [-0.39, 0.29) is 12.5 Å². The molecule has 2 N–H and O–H groups in total. The molecule has 10 heteroatoms. The van der Waals surface area contributed by atoms with Gasteiger partial charge in [-0.05, 0) is 24.7 Å². The third-order valence-electron chi connectivity index (χ3n) is 3.69. The van der Waals surface area contributed by atoms with Gasteiger partial charge in [0.1, 0.15) is 17.2 Å². The van der Waals surface area contributed by atoms with E-state index in [1.807, 2.05) is 30.3 Å². The molecule has 2 aromatic heterocycles. The molecule has 1 unspecified atom stereocenters. The second-order valence-electron chi connectivity index (χ2n) is 5.45. The summed E-state index contributed by atoms with van der Waals surface area (Å²) in [7, 11) is 0. The number of benzene rings is 1. The van der Waals surface area contributed by atoms with E-state index in [1.165, 1.54) is 17.1 Å². The molecule has 140 valence electrons. The molecule has 0 aliphatic carbocycles. The molecular formula is C17H17N5O3S2. The van der Waals surface area contributed by atoms with E-state index < -0.39 is 12.0 Å². The predicted octanol–water partition coefficient (Wildman–Crippen LogP) is 3.20. The predicted molar refractivity (Wildman–Crippen MR) is 104 cm³/mol. The lowest BCUT2D eigenvalue weighted by atomic mass is 10.1. The van der Waals surface area contributed by atoms with Crippen LogP contribution in [0.3, 0.4) is 0 Å². The summed E-state index contributed by atoms with van der Waals surface area (Å²) in [4.78, 5) is 21.0. The van der Waals surface area contributed by atoms with Crippen LogP contribution in [0.1, 0.15) is 23.4 Å². The Bertz CT molecular complexity index is 980. The van der Waals surface area contributed by atoms with Gasteiger partial charge in [0.25, 0.3) is 0 Å². The first-order chi connectivity index (χ1) is 13.1. The van der Waals surface area contributed by atoms with Crippen LogP contribution in [-0.4, -0.2) is 43.6 Å². The number of aromatic amines is 1. The Balaban J connectivity index is 1.96. The molecule has 3 rings (SSSR count). The number of rotatable bonds is 7. The third-order valence-corrected chi connectivity index (χ3v) is 5.02. The van der Waals surface area contributed by atoms with E-state index in [2.05, 4.69) is 20.2 Å². The molecular weight excluding hydrogens is 386 g/mol. The minimum absolute atomic E-state index is 0.137. The quantitative estimate of drug-likeness (QED) is 0.357. The molecule has 0 aliphatic rings. The average Bonchev–Trinajstić information content (AvgIpc) is 3.27. The Labute approximate surface area is 164 Å². The summed E-state index contributed by atoms with van der Waals surface area (Å²) in [6.07, 6.45) is 3.10. The van der Waals surface area contributed by atoms with Crippen LogP contribution in [0.4, 0.5) is 5.95 Å². The van der Waals surface area contributed by atoms with E-state index in [0.717, 1.165) is 16.9 Å².